The van der Waals surface area contributed by atoms with Crippen LogP contribution in [0.2, 0.25) is 0 Å². The summed E-state index contributed by atoms with van der Waals surface area (Å²) in [5.41, 5.74) is 0. The van der Waals surface area contributed by atoms with Crippen LogP contribution < -0.4 is 0 Å². The summed E-state index contributed by atoms with van der Waals surface area (Å²) in [5, 5.41) is 10.5. The Morgan fingerprint density at radius 2 is 1.67 bits per heavy atom. The van der Waals surface area contributed by atoms with Gasteiger partial charge in [-0.25, -0.2) is 0 Å². The van der Waals surface area contributed by atoms with E-state index in [0.717, 1.165) is 38.5 Å². The van der Waals surface area contributed by atoms with Crippen LogP contribution in [0.15, 0.2) is 36.5 Å². The second-order valence-electron chi connectivity index (χ2n) is 7.63. The largest absolute Gasteiger partial charge is 0.469 e. The van der Waals surface area contributed by atoms with Crippen molar-refractivity contribution in [2.45, 2.75) is 90.1 Å². The molecule has 1 fully saturated rings. The lowest BCUT2D eigenvalue weighted by Crippen LogP contribution is -2.19. The molecule has 0 unspecified atom stereocenters. The number of unbranched alkanes of at least 4 members (excludes halogenated alkanes) is 5. The molecule has 0 bridgehead atoms. The number of aliphatic hydroxyl groups is 1. The van der Waals surface area contributed by atoms with E-state index in [-0.39, 0.29) is 12.1 Å². The van der Waals surface area contributed by atoms with E-state index in [1.165, 1.54) is 39.2 Å². The summed E-state index contributed by atoms with van der Waals surface area (Å²) in [4.78, 5) is 11.0. The number of hydrogen-bond acceptors (Lipinski definition) is 3. The van der Waals surface area contributed by atoms with Crippen molar-refractivity contribution in [1.82, 2.24) is 0 Å². The highest BCUT2D eigenvalue weighted by Crippen LogP contribution is 2.40. The quantitative estimate of drug-likeness (QED) is 0.200. The molecule has 154 valence electrons. The Balaban J connectivity index is 2.18. The molecule has 1 saturated carbocycles. The van der Waals surface area contributed by atoms with Crippen LogP contribution in [0.4, 0.5) is 0 Å². The zero-order valence-electron chi connectivity index (χ0n) is 17.4. The second-order valence-corrected chi connectivity index (χ2v) is 7.63. The van der Waals surface area contributed by atoms with Crippen LogP contribution in [0.25, 0.3) is 0 Å². The number of methoxy groups -OCH3 is 1. The van der Waals surface area contributed by atoms with Gasteiger partial charge in [0, 0.05) is 12.3 Å². The van der Waals surface area contributed by atoms with Crippen molar-refractivity contribution in [2.24, 2.45) is 11.8 Å². The summed E-state index contributed by atoms with van der Waals surface area (Å²) < 4.78 is 4.63. The van der Waals surface area contributed by atoms with Crippen LogP contribution in [0, 0.1) is 11.8 Å². The number of carbonyl (C=O) groups excluding carboxylic acids is 1. The van der Waals surface area contributed by atoms with Gasteiger partial charge in [-0.2, -0.15) is 0 Å². The van der Waals surface area contributed by atoms with Crippen molar-refractivity contribution in [2.75, 3.05) is 7.11 Å². The first-order valence-corrected chi connectivity index (χ1v) is 10.9. The molecular formula is C24H40O3. The van der Waals surface area contributed by atoms with E-state index >= 15 is 0 Å². The fourth-order valence-corrected chi connectivity index (χ4v) is 3.25. The predicted molar refractivity (Wildman–Crippen MR) is 114 cm³/mol. The first-order chi connectivity index (χ1) is 13.2. The third-order valence-corrected chi connectivity index (χ3v) is 5.13. The van der Waals surface area contributed by atoms with Crippen molar-refractivity contribution in [1.29, 1.82) is 0 Å². The summed E-state index contributed by atoms with van der Waals surface area (Å²) >= 11 is 0. The lowest BCUT2D eigenvalue weighted by molar-refractivity contribution is -0.140. The summed E-state index contributed by atoms with van der Waals surface area (Å²) in [6.45, 7) is 2.22. The van der Waals surface area contributed by atoms with Crippen LogP contribution in [0.1, 0.15) is 84.0 Å². The normalized spacial score (nSPS) is 17.1. The molecule has 0 heterocycles. The van der Waals surface area contributed by atoms with Gasteiger partial charge in [0.2, 0.25) is 0 Å². The minimum Gasteiger partial charge on any atom is -0.469 e. The average molecular weight is 377 g/mol. The Labute approximate surface area is 166 Å². The van der Waals surface area contributed by atoms with Gasteiger partial charge < -0.3 is 9.84 Å². The molecule has 3 heteroatoms. The van der Waals surface area contributed by atoms with Gasteiger partial charge in [-0.15, -0.1) is 0 Å². The maximum Gasteiger partial charge on any atom is 0.305 e. The minimum atomic E-state index is -0.245. The summed E-state index contributed by atoms with van der Waals surface area (Å²) in [6, 6.07) is 0. The second kappa shape index (κ2) is 15.7. The van der Waals surface area contributed by atoms with Crippen molar-refractivity contribution < 1.29 is 14.6 Å². The van der Waals surface area contributed by atoms with E-state index in [2.05, 4.69) is 48.1 Å². The molecule has 0 aliphatic heterocycles. The Morgan fingerprint density at radius 1 is 1.00 bits per heavy atom. The fraction of sp³-hybridized carbons (Fsp3) is 0.708. The molecule has 1 N–H and O–H groups in total. The Bertz CT molecular complexity index is 460. The van der Waals surface area contributed by atoms with Crippen LogP contribution in [-0.4, -0.2) is 24.3 Å². The van der Waals surface area contributed by atoms with E-state index < -0.39 is 0 Å². The van der Waals surface area contributed by atoms with Crippen molar-refractivity contribution in [3.05, 3.63) is 36.5 Å². The van der Waals surface area contributed by atoms with E-state index in [4.69, 9.17) is 0 Å². The Morgan fingerprint density at radius 3 is 2.37 bits per heavy atom. The van der Waals surface area contributed by atoms with Crippen LogP contribution in [0.5, 0.6) is 0 Å². The first-order valence-electron chi connectivity index (χ1n) is 10.9. The molecule has 1 aliphatic carbocycles. The molecule has 1 aliphatic rings. The van der Waals surface area contributed by atoms with Crippen LogP contribution in [-0.2, 0) is 9.53 Å². The molecule has 27 heavy (non-hydrogen) atoms. The smallest absolute Gasteiger partial charge is 0.305 e. The molecule has 2 atom stereocenters. The van der Waals surface area contributed by atoms with Crippen LogP contribution >= 0.6 is 0 Å². The van der Waals surface area contributed by atoms with Gasteiger partial charge in [0.25, 0.3) is 0 Å². The fourth-order valence-electron chi connectivity index (χ4n) is 3.25. The zero-order chi connectivity index (χ0) is 19.7. The van der Waals surface area contributed by atoms with E-state index in [0.29, 0.717) is 18.3 Å². The maximum absolute atomic E-state index is 11.0. The number of rotatable bonds is 16. The van der Waals surface area contributed by atoms with Gasteiger partial charge >= 0.3 is 5.97 Å². The van der Waals surface area contributed by atoms with Gasteiger partial charge in [0.15, 0.2) is 0 Å². The van der Waals surface area contributed by atoms with E-state index in [1.54, 1.807) is 0 Å². The van der Waals surface area contributed by atoms with Gasteiger partial charge in [0.05, 0.1) is 13.2 Å². The van der Waals surface area contributed by atoms with E-state index in [9.17, 15) is 9.90 Å². The predicted octanol–water partition coefficient (Wildman–Crippen LogP) is 6.14. The minimum absolute atomic E-state index is 0.133. The summed E-state index contributed by atoms with van der Waals surface area (Å²) in [6.07, 6.45) is 25.5. The Hall–Kier alpha value is -1.35. The molecular weight excluding hydrogens is 336 g/mol. The first kappa shape index (κ1) is 23.7. The molecule has 3 nitrogen and oxygen atoms in total. The standard InChI is InChI=1S/C24H40O3/c1-3-4-5-6-11-14-17-23(25)22(21-19-20-21)16-13-10-8-7-9-12-15-18-24(26)27-2/h7,9,11,13-14,16,21-23,25H,3-6,8,10,12,15,17-20H2,1-2H3/t22-,23+/m1/s1. The number of carbonyl (C=O) groups is 1. The number of allylic oxidation sites excluding steroid dienone is 4. The third-order valence-electron chi connectivity index (χ3n) is 5.13. The monoisotopic (exact) mass is 376 g/mol. The average Bonchev–Trinajstić information content (AvgIpc) is 3.50. The van der Waals surface area contributed by atoms with Gasteiger partial charge in [-0.1, -0.05) is 56.2 Å². The number of esters is 1. The zero-order valence-corrected chi connectivity index (χ0v) is 17.4. The number of hydrogen-bond donors (Lipinski definition) is 1. The lowest BCUT2D eigenvalue weighted by atomic mass is 9.93. The summed E-state index contributed by atoms with van der Waals surface area (Å²) in [5.74, 6) is 0.861. The van der Waals surface area contributed by atoms with Gasteiger partial charge in [0.1, 0.15) is 0 Å². The maximum atomic E-state index is 11.0. The SMILES string of the molecule is CCCCCC=CC[C@H](O)[C@H](C=CCCC=CCCCC(=O)OC)C1CC1. The third kappa shape index (κ3) is 12.6. The number of ether oxygens (including phenoxy) is 1. The highest BCUT2D eigenvalue weighted by Gasteiger charge is 2.33. The highest BCUT2D eigenvalue weighted by molar-refractivity contribution is 5.69. The van der Waals surface area contributed by atoms with E-state index in [1.807, 2.05) is 0 Å². The molecule has 0 amide bonds. The topological polar surface area (TPSA) is 46.5 Å². The molecule has 0 aromatic rings. The van der Waals surface area contributed by atoms with Crippen molar-refractivity contribution >= 4 is 5.97 Å². The van der Waals surface area contributed by atoms with Crippen molar-refractivity contribution in [3.63, 3.8) is 0 Å². The molecule has 0 aromatic carbocycles. The lowest BCUT2D eigenvalue weighted by Gasteiger charge is -2.18. The molecule has 0 aromatic heterocycles. The summed E-state index contributed by atoms with van der Waals surface area (Å²) in [7, 11) is 1.43. The Kier molecular flexibility index (Phi) is 13.8. The van der Waals surface area contributed by atoms with Crippen LogP contribution in [0.3, 0.4) is 0 Å². The highest BCUT2D eigenvalue weighted by atomic mass is 16.5. The number of aliphatic hydroxyl groups excluding tert-OH is 1. The van der Waals surface area contributed by atoms with Gasteiger partial charge in [-0.05, 0) is 63.7 Å². The van der Waals surface area contributed by atoms with Crippen molar-refractivity contribution in [3.8, 4) is 0 Å². The molecule has 0 saturated heterocycles. The van der Waals surface area contributed by atoms with Gasteiger partial charge in [-0.3, -0.25) is 4.79 Å². The molecule has 1 rings (SSSR count). The molecule has 0 spiro atoms. The molecule has 0 radical (unpaired) electrons.